The van der Waals surface area contributed by atoms with Gasteiger partial charge in [0.2, 0.25) is 0 Å². The molecule has 1 nitrogen and oxygen atoms in total. The number of benzene rings is 5. The quantitative estimate of drug-likeness (QED) is 0.182. The first kappa shape index (κ1) is 28.1. The fourth-order valence-electron chi connectivity index (χ4n) is 6.77. The number of hydrogen-bond donors (Lipinski definition) is 1. The van der Waals surface area contributed by atoms with E-state index >= 15 is 0 Å². The summed E-state index contributed by atoms with van der Waals surface area (Å²) in [6.45, 7) is 2.31. The molecule has 4 unspecified atom stereocenters. The fraction of sp³-hybridized carbons (Fsp3) is 0.211. The predicted molar refractivity (Wildman–Crippen MR) is 179 cm³/mol. The normalized spacial score (nSPS) is 19.5. The molecular weight excluding hydrogens is 534 g/mol. The van der Waals surface area contributed by atoms with Crippen molar-refractivity contribution in [1.29, 1.82) is 0 Å². The van der Waals surface area contributed by atoms with Gasteiger partial charge < -0.3 is 5.11 Å². The fourth-order valence-corrected chi connectivity index (χ4v) is 12.5. The highest BCUT2D eigenvalue weighted by molar-refractivity contribution is 7.80. The summed E-state index contributed by atoms with van der Waals surface area (Å²) in [6, 6.07) is 52.6. The van der Waals surface area contributed by atoms with Crippen LogP contribution in [0.2, 0.25) is 0 Å². The Morgan fingerprint density at radius 2 is 1.02 bits per heavy atom. The van der Waals surface area contributed by atoms with E-state index in [1.807, 2.05) is 0 Å². The predicted octanol–water partition coefficient (Wildman–Crippen LogP) is 7.42. The van der Waals surface area contributed by atoms with Crippen LogP contribution in [-0.4, -0.2) is 10.8 Å². The maximum absolute atomic E-state index is 12.6. The van der Waals surface area contributed by atoms with E-state index in [4.69, 9.17) is 0 Å². The summed E-state index contributed by atoms with van der Waals surface area (Å²) in [7, 11) is -1.42. The van der Waals surface area contributed by atoms with E-state index in [0.717, 1.165) is 18.4 Å². The van der Waals surface area contributed by atoms with Crippen LogP contribution in [0.3, 0.4) is 0 Å². The van der Waals surface area contributed by atoms with Gasteiger partial charge in [-0.15, -0.1) is 0 Å². The zero-order valence-electron chi connectivity index (χ0n) is 23.6. The molecule has 4 atom stereocenters. The second-order valence-electron chi connectivity index (χ2n) is 10.9. The molecule has 1 fully saturated rings. The van der Waals surface area contributed by atoms with Gasteiger partial charge in [0.05, 0.1) is 6.10 Å². The van der Waals surface area contributed by atoms with E-state index in [-0.39, 0.29) is 5.92 Å². The topological polar surface area (TPSA) is 20.2 Å². The molecule has 1 aliphatic rings. The second kappa shape index (κ2) is 13.3. The Morgan fingerprint density at radius 3 is 1.51 bits per heavy atom. The zero-order chi connectivity index (χ0) is 28.0. The van der Waals surface area contributed by atoms with Gasteiger partial charge in [-0.2, -0.15) is 0 Å². The molecule has 0 saturated heterocycles. The smallest absolute Gasteiger partial charge is 0.0833 e. The molecule has 5 aromatic carbocycles. The van der Waals surface area contributed by atoms with Crippen molar-refractivity contribution in [3.05, 3.63) is 151 Å². The van der Waals surface area contributed by atoms with Crippen molar-refractivity contribution in [3.8, 4) is 0 Å². The SMILES string of the molecule is CCC1CCC(P(c2ccccc2)c2ccccc2)C1C(O)c1ccccc1P(c1ccccc1)c1ccccc1. The average Bonchev–Trinajstić information content (AvgIpc) is 3.47. The molecule has 6 rings (SSSR count). The summed E-state index contributed by atoms with van der Waals surface area (Å²) in [5.41, 5.74) is 1.53. The molecule has 1 aliphatic carbocycles. The molecule has 1 saturated carbocycles. The molecule has 206 valence electrons. The van der Waals surface area contributed by atoms with Gasteiger partial charge in [-0.1, -0.05) is 159 Å². The minimum Gasteiger partial charge on any atom is -0.388 e. The van der Waals surface area contributed by atoms with Crippen molar-refractivity contribution in [2.24, 2.45) is 11.8 Å². The molecule has 0 radical (unpaired) electrons. The minimum absolute atomic E-state index is 0.205. The Balaban J connectivity index is 1.46. The van der Waals surface area contributed by atoms with Crippen LogP contribution in [0.15, 0.2) is 146 Å². The Hall–Kier alpha value is -3.08. The highest BCUT2D eigenvalue weighted by atomic mass is 31.1. The lowest BCUT2D eigenvalue weighted by atomic mass is 9.85. The van der Waals surface area contributed by atoms with Gasteiger partial charge in [0.25, 0.3) is 0 Å². The molecule has 3 heteroatoms. The second-order valence-corrected chi connectivity index (χ2v) is 15.6. The van der Waals surface area contributed by atoms with Crippen molar-refractivity contribution in [3.63, 3.8) is 0 Å². The van der Waals surface area contributed by atoms with Crippen molar-refractivity contribution >= 4 is 42.4 Å². The lowest BCUT2D eigenvalue weighted by molar-refractivity contribution is 0.0873. The van der Waals surface area contributed by atoms with Crippen molar-refractivity contribution in [1.82, 2.24) is 0 Å². The third-order valence-corrected chi connectivity index (χ3v) is 14.1. The Bertz CT molecular complexity index is 1430. The van der Waals surface area contributed by atoms with Gasteiger partial charge in [-0.3, -0.25) is 0 Å². The highest BCUT2D eigenvalue weighted by Gasteiger charge is 2.45. The van der Waals surface area contributed by atoms with Gasteiger partial charge in [0.1, 0.15) is 0 Å². The van der Waals surface area contributed by atoms with Gasteiger partial charge in [0.15, 0.2) is 0 Å². The molecule has 0 heterocycles. The third-order valence-electron chi connectivity index (χ3n) is 8.64. The Labute approximate surface area is 247 Å². The van der Waals surface area contributed by atoms with Crippen molar-refractivity contribution in [2.45, 2.75) is 37.9 Å². The van der Waals surface area contributed by atoms with Crippen molar-refractivity contribution in [2.75, 3.05) is 0 Å². The van der Waals surface area contributed by atoms with E-state index in [9.17, 15) is 5.11 Å². The van der Waals surface area contributed by atoms with Crippen LogP contribution >= 0.6 is 15.8 Å². The van der Waals surface area contributed by atoms with Gasteiger partial charge in [0, 0.05) is 0 Å². The lowest BCUT2D eigenvalue weighted by Crippen LogP contribution is -2.33. The van der Waals surface area contributed by atoms with E-state index in [0.29, 0.717) is 11.6 Å². The van der Waals surface area contributed by atoms with Crippen LogP contribution in [0.4, 0.5) is 0 Å². The first-order chi connectivity index (χ1) is 20.3. The van der Waals surface area contributed by atoms with Gasteiger partial charge >= 0.3 is 0 Å². The summed E-state index contributed by atoms with van der Waals surface area (Å²) in [5.74, 6) is 0.705. The van der Waals surface area contributed by atoms with Crippen LogP contribution in [0.1, 0.15) is 37.9 Å². The van der Waals surface area contributed by atoms with Gasteiger partial charge in [-0.05, 0) is 78.3 Å². The highest BCUT2D eigenvalue weighted by Crippen LogP contribution is 2.56. The molecular formula is C38H38OP2. The largest absolute Gasteiger partial charge is 0.388 e. The van der Waals surface area contributed by atoms with Crippen LogP contribution in [-0.2, 0) is 0 Å². The summed E-state index contributed by atoms with van der Waals surface area (Å²) in [5, 5.41) is 19.3. The lowest BCUT2D eigenvalue weighted by Gasteiger charge is -2.36. The number of aliphatic hydroxyl groups is 1. The van der Waals surface area contributed by atoms with Gasteiger partial charge in [-0.25, -0.2) is 0 Å². The molecule has 5 aromatic rings. The zero-order valence-corrected chi connectivity index (χ0v) is 25.4. The van der Waals surface area contributed by atoms with Crippen LogP contribution in [0.5, 0.6) is 0 Å². The molecule has 0 aromatic heterocycles. The third kappa shape index (κ3) is 5.96. The summed E-state index contributed by atoms with van der Waals surface area (Å²) < 4.78 is 0. The Kier molecular flexibility index (Phi) is 9.08. The molecule has 0 bridgehead atoms. The van der Waals surface area contributed by atoms with E-state index < -0.39 is 21.9 Å². The molecule has 0 spiro atoms. The Morgan fingerprint density at radius 1 is 0.585 bits per heavy atom. The number of rotatable bonds is 9. The number of hydrogen-bond acceptors (Lipinski definition) is 1. The average molecular weight is 573 g/mol. The monoisotopic (exact) mass is 572 g/mol. The first-order valence-corrected chi connectivity index (χ1v) is 17.6. The molecule has 0 aliphatic heterocycles. The van der Waals surface area contributed by atoms with Crippen LogP contribution in [0.25, 0.3) is 0 Å². The maximum atomic E-state index is 12.6. The summed E-state index contributed by atoms with van der Waals surface area (Å²) in [4.78, 5) is 0. The molecule has 0 amide bonds. The van der Waals surface area contributed by atoms with E-state index in [1.54, 1.807) is 0 Å². The number of aliphatic hydroxyl groups excluding tert-OH is 1. The van der Waals surface area contributed by atoms with E-state index in [2.05, 4.69) is 153 Å². The standard InChI is InChI=1S/C38H38OP2/c1-2-29-27-28-36(41(32-21-11-5-12-22-32)33-23-13-6-14-24-33)37(29)38(39)34-25-15-16-26-35(34)40(30-17-7-3-8-18-30)31-19-9-4-10-20-31/h3-26,29,36-39H,2,27-28H2,1H3. The molecule has 1 N–H and O–H groups in total. The summed E-state index contributed by atoms with van der Waals surface area (Å²) >= 11 is 0. The van der Waals surface area contributed by atoms with Crippen LogP contribution < -0.4 is 26.5 Å². The van der Waals surface area contributed by atoms with Crippen LogP contribution in [0, 0.1) is 11.8 Å². The molecule has 41 heavy (non-hydrogen) atoms. The minimum atomic E-state index is -0.804. The maximum Gasteiger partial charge on any atom is 0.0833 e. The van der Waals surface area contributed by atoms with E-state index in [1.165, 1.54) is 32.9 Å². The summed E-state index contributed by atoms with van der Waals surface area (Å²) in [6.07, 6.45) is 2.91. The van der Waals surface area contributed by atoms with Crippen molar-refractivity contribution < 1.29 is 5.11 Å². The first-order valence-electron chi connectivity index (χ1n) is 14.8.